The number of anilines is 1. The summed E-state index contributed by atoms with van der Waals surface area (Å²) in [4.78, 5) is 0. The molecule has 3 aromatic rings. The van der Waals surface area contributed by atoms with Gasteiger partial charge in [-0.3, -0.25) is 4.31 Å². The van der Waals surface area contributed by atoms with Crippen LogP contribution in [-0.2, 0) is 10.0 Å². The average molecular weight is 441 g/mol. The van der Waals surface area contributed by atoms with Crippen molar-refractivity contribution in [2.45, 2.75) is 39.0 Å². The molecular formula is C24H25FN2O3S. The second-order valence-corrected chi connectivity index (χ2v) is 10.5. The maximum Gasteiger partial charge on any atom is 0.232 e. The number of halogens is 1. The zero-order valence-corrected chi connectivity index (χ0v) is 18.7. The molecule has 4 rings (SSSR count). The van der Waals surface area contributed by atoms with E-state index >= 15 is 0 Å². The zero-order chi connectivity index (χ0) is 22.3. The van der Waals surface area contributed by atoms with Crippen molar-refractivity contribution in [3.8, 4) is 17.4 Å². The Hall–Kier alpha value is -2.85. The van der Waals surface area contributed by atoms with Crippen LogP contribution in [0.3, 0.4) is 0 Å². The highest BCUT2D eigenvalue weighted by atomic mass is 32.2. The first-order valence-electron chi connectivity index (χ1n) is 10.4. The Kier molecular flexibility index (Phi) is 5.52. The van der Waals surface area contributed by atoms with Gasteiger partial charge in [0.05, 0.1) is 11.9 Å². The number of nitriles is 1. The van der Waals surface area contributed by atoms with Crippen LogP contribution in [0.1, 0.15) is 50.2 Å². The summed E-state index contributed by atoms with van der Waals surface area (Å²) in [6, 6.07) is 11.7. The second-order valence-electron chi connectivity index (χ2n) is 8.62. The summed E-state index contributed by atoms with van der Waals surface area (Å²) >= 11 is 0. The summed E-state index contributed by atoms with van der Waals surface area (Å²) in [6.45, 7) is 4.51. The largest absolute Gasteiger partial charge is 0.455 e. The number of hydrogen-bond acceptors (Lipinski definition) is 4. The normalized spacial score (nSPS) is 14.2. The van der Waals surface area contributed by atoms with E-state index in [1.807, 2.05) is 6.07 Å². The number of hydrogen-bond donors (Lipinski definition) is 0. The fraction of sp³-hybridized carbons (Fsp3) is 0.375. The summed E-state index contributed by atoms with van der Waals surface area (Å²) in [5.41, 5.74) is 2.99. The highest BCUT2D eigenvalue weighted by Crippen LogP contribution is 2.48. The smallest absolute Gasteiger partial charge is 0.232 e. The lowest BCUT2D eigenvalue weighted by molar-refractivity contribution is 0.572. The molecule has 0 amide bonds. The Balaban J connectivity index is 1.91. The van der Waals surface area contributed by atoms with E-state index in [0.717, 1.165) is 24.8 Å². The first-order chi connectivity index (χ1) is 14.7. The van der Waals surface area contributed by atoms with Crippen molar-refractivity contribution >= 4 is 26.7 Å². The zero-order valence-electron chi connectivity index (χ0n) is 17.9. The minimum atomic E-state index is -3.49. The van der Waals surface area contributed by atoms with Gasteiger partial charge in [0.1, 0.15) is 23.0 Å². The molecule has 0 aliphatic heterocycles. The lowest BCUT2D eigenvalue weighted by Crippen LogP contribution is -2.32. The van der Waals surface area contributed by atoms with Gasteiger partial charge < -0.3 is 4.42 Å². The molecule has 5 nitrogen and oxygen atoms in total. The Morgan fingerprint density at radius 3 is 2.45 bits per heavy atom. The summed E-state index contributed by atoms with van der Waals surface area (Å²) in [6.07, 6.45) is 3.94. The number of nitrogens with zero attached hydrogens (tertiary/aromatic N) is 2. The van der Waals surface area contributed by atoms with Crippen LogP contribution in [0.2, 0.25) is 0 Å². The van der Waals surface area contributed by atoms with Crippen molar-refractivity contribution in [2.24, 2.45) is 5.92 Å². The minimum Gasteiger partial charge on any atom is -0.455 e. The van der Waals surface area contributed by atoms with Gasteiger partial charge in [0.15, 0.2) is 5.76 Å². The molecule has 1 aromatic heterocycles. The quantitative estimate of drug-likeness (QED) is 0.465. The molecule has 1 fully saturated rings. The Morgan fingerprint density at radius 2 is 1.90 bits per heavy atom. The molecule has 1 saturated carbocycles. The Bertz CT molecular complexity index is 1270. The lowest BCUT2D eigenvalue weighted by atomic mass is 10.0. The standard InChI is InChI=1S/C24H25FN2O3S/c1-15(2)10-11-27(31(3,28)29)22-13-23-20(12-19(22)16-4-5-16)21(14-26)24(30-23)17-6-8-18(25)9-7-17/h6-9,12-13,15-16H,4-5,10-11H2,1-3H3. The first-order valence-corrected chi connectivity index (χ1v) is 12.3. The van der Waals surface area contributed by atoms with E-state index in [4.69, 9.17) is 4.42 Å². The predicted octanol–water partition coefficient (Wildman–Crippen LogP) is 5.80. The van der Waals surface area contributed by atoms with Crippen molar-refractivity contribution < 1.29 is 17.2 Å². The van der Waals surface area contributed by atoms with Crippen molar-refractivity contribution in [3.05, 3.63) is 53.3 Å². The average Bonchev–Trinajstić information content (AvgIpc) is 3.48. The van der Waals surface area contributed by atoms with Gasteiger partial charge in [-0.25, -0.2) is 12.8 Å². The molecule has 31 heavy (non-hydrogen) atoms. The molecular weight excluding hydrogens is 415 g/mol. The van der Waals surface area contributed by atoms with Crippen LogP contribution in [0.25, 0.3) is 22.3 Å². The molecule has 1 heterocycles. The van der Waals surface area contributed by atoms with Gasteiger partial charge in [-0.05, 0) is 67.0 Å². The van der Waals surface area contributed by atoms with Crippen LogP contribution in [0.15, 0.2) is 40.8 Å². The molecule has 0 spiro atoms. The van der Waals surface area contributed by atoms with Gasteiger partial charge in [-0.1, -0.05) is 13.8 Å². The van der Waals surface area contributed by atoms with E-state index in [2.05, 4.69) is 19.9 Å². The van der Waals surface area contributed by atoms with Crippen molar-refractivity contribution in [1.82, 2.24) is 0 Å². The van der Waals surface area contributed by atoms with E-state index in [0.29, 0.717) is 46.0 Å². The van der Waals surface area contributed by atoms with E-state index in [1.165, 1.54) is 22.7 Å². The number of furan rings is 1. The summed E-state index contributed by atoms with van der Waals surface area (Å²) in [5, 5.41) is 10.5. The third-order valence-electron chi connectivity index (χ3n) is 5.65. The fourth-order valence-electron chi connectivity index (χ4n) is 3.84. The molecule has 2 aromatic carbocycles. The summed E-state index contributed by atoms with van der Waals surface area (Å²) < 4.78 is 46.2. The van der Waals surface area contributed by atoms with Crippen molar-refractivity contribution in [2.75, 3.05) is 17.1 Å². The van der Waals surface area contributed by atoms with Crippen LogP contribution in [-0.4, -0.2) is 21.2 Å². The Labute approximate surface area is 182 Å². The van der Waals surface area contributed by atoms with Crippen LogP contribution in [0, 0.1) is 23.1 Å². The number of rotatable bonds is 7. The van der Waals surface area contributed by atoms with Crippen LogP contribution < -0.4 is 4.31 Å². The molecule has 0 bridgehead atoms. The monoisotopic (exact) mass is 440 g/mol. The molecule has 0 saturated heterocycles. The van der Waals surface area contributed by atoms with Crippen molar-refractivity contribution in [3.63, 3.8) is 0 Å². The molecule has 1 aliphatic carbocycles. The maximum atomic E-state index is 13.4. The third kappa shape index (κ3) is 4.31. The van der Waals surface area contributed by atoms with Gasteiger partial charge >= 0.3 is 0 Å². The fourth-order valence-corrected chi connectivity index (χ4v) is 4.79. The topological polar surface area (TPSA) is 74.3 Å². The molecule has 162 valence electrons. The number of benzene rings is 2. The highest BCUT2D eigenvalue weighted by Gasteiger charge is 2.32. The highest BCUT2D eigenvalue weighted by molar-refractivity contribution is 7.92. The summed E-state index contributed by atoms with van der Waals surface area (Å²) in [7, 11) is -3.49. The van der Waals surface area contributed by atoms with Crippen LogP contribution in [0.5, 0.6) is 0 Å². The predicted molar refractivity (Wildman–Crippen MR) is 120 cm³/mol. The molecule has 0 N–H and O–H groups in total. The van der Waals surface area contributed by atoms with Crippen LogP contribution in [0.4, 0.5) is 10.1 Å². The SMILES string of the molecule is CC(C)CCN(c1cc2oc(-c3ccc(F)cc3)c(C#N)c2cc1C1CC1)S(C)(=O)=O. The molecule has 1 aliphatic rings. The van der Waals surface area contributed by atoms with Crippen molar-refractivity contribution in [1.29, 1.82) is 5.26 Å². The maximum absolute atomic E-state index is 13.4. The number of sulfonamides is 1. The second kappa shape index (κ2) is 8.01. The van der Waals surface area contributed by atoms with E-state index in [1.54, 1.807) is 18.2 Å². The van der Waals surface area contributed by atoms with Gasteiger partial charge in [0.2, 0.25) is 10.0 Å². The van der Waals surface area contributed by atoms with E-state index in [9.17, 15) is 18.1 Å². The van der Waals surface area contributed by atoms with Gasteiger partial charge in [0, 0.05) is 23.6 Å². The third-order valence-corrected chi connectivity index (χ3v) is 6.83. The van der Waals surface area contributed by atoms with Gasteiger partial charge in [0.25, 0.3) is 0 Å². The Morgan fingerprint density at radius 1 is 1.23 bits per heavy atom. The lowest BCUT2D eigenvalue weighted by Gasteiger charge is -2.26. The minimum absolute atomic E-state index is 0.276. The van der Waals surface area contributed by atoms with Gasteiger partial charge in [-0.15, -0.1) is 0 Å². The molecule has 0 atom stereocenters. The van der Waals surface area contributed by atoms with Crippen LogP contribution >= 0.6 is 0 Å². The summed E-state index contributed by atoms with van der Waals surface area (Å²) in [5.74, 6) is 0.629. The number of fused-ring (bicyclic) bond motifs is 1. The molecule has 0 unspecified atom stereocenters. The van der Waals surface area contributed by atoms with E-state index < -0.39 is 10.0 Å². The molecule has 0 radical (unpaired) electrons. The first kappa shape index (κ1) is 21.4. The van der Waals surface area contributed by atoms with Gasteiger partial charge in [-0.2, -0.15) is 5.26 Å². The molecule has 7 heteroatoms. The van der Waals surface area contributed by atoms with E-state index in [-0.39, 0.29) is 11.7 Å².